The Kier molecular flexibility index (Phi) is 12.0. The van der Waals surface area contributed by atoms with Gasteiger partial charge in [0.15, 0.2) is 0 Å². The molecular formula is C24H40N2O7. The maximum atomic E-state index is 12.3. The number of imide groups is 1. The molecule has 0 aromatic rings. The van der Waals surface area contributed by atoms with Crippen molar-refractivity contribution in [3.63, 3.8) is 0 Å². The molecule has 0 bridgehead atoms. The van der Waals surface area contributed by atoms with Crippen molar-refractivity contribution in [3.8, 4) is 0 Å². The van der Waals surface area contributed by atoms with E-state index in [1.165, 1.54) is 12.2 Å². The standard InChI is InChI=1S/C24H40N2O7/c1-24(2,3)20-6-9-25(10-7-20)21(27)8-12-30-14-16-32-18-19-33-17-15-31-13-11-26-22(28)4-5-23(26)29/h4-5,20H,6-19H2,1-3H3. The highest BCUT2D eigenvalue weighted by Gasteiger charge is 2.30. The molecule has 0 saturated carbocycles. The summed E-state index contributed by atoms with van der Waals surface area (Å²) >= 11 is 0. The number of hydrogen-bond donors (Lipinski definition) is 0. The van der Waals surface area contributed by atoms with E-state index in [-0.39, 0.29) is 30.9 Å². The van der Waals surface area contributed by atoms with Crippen LogP contribution in [0.5, 0.6) is 0 Å². The number of ether oxygens (including phenoxy) is 4. The molecule has 1 saturated heterocycles. The molecule has 2 aliphatic heterocycles. The molecule has 0 unspecified atom stereocenters. The summed E-state index contributed by atoms with van der Waals surface area (Å²) in [6.07, 6.45) is 5.09. The van der Waals surface area contributed by atoms with Gasteiger partial charge in [0.1, 0.15) is 0 Å². The quantitative estimate of drug-likeness (QED) is 0.266. The first-order valence-corrected chi connectivity index (χ1v) is 11.9. The lowest BCUT2D eigenvalue weighted by atomic mass is 9.75. The highest BCUT2D eigenvalue weighted by atomic mass is 16.6. The second kappa shape index (κ2) is 14.5. The van der Waals surface area contributed by atoms with Crippen molar-refractivity contribution >= 4 is 17.7 Å². The van der Waals surface area contributed by atoms with Crippen LogP contribution in [-0.2, 0) is 33.3 Å². The van der Waals surface area contributed by atoms with Crippen LogP contribution in [0.15, 0.2) is 12.2 Å². The third-order valence-corrected chi connectivity index (χ3v) is 6.01. The molecule has 3 amide bonds. The summed E-state index contributed by atoms with van der Waals surface area (Å²) in [5, 5.41) is 0. The van der Waals surface area contributed by atoms with Crippen LogP contribution in [0.1, 0.15) is 40.0 Å². The number of nitrogens with zero attached hydrogens (tertiary/aromatic N) is 2. The average molecular weight is 469 g/mol. The van der Waals surface area contributed by atoms with Crippen LogP contribution in [0.2, 0.25) is 0 Å². The number of likely N-dealkylation sites (tertiary alicyclic amines) is 1. The van der Waals surface area contributed by atoms with Crippen molar-refractivity contribution in [1.82, 2.24) is 9.80 Å². The first-order valence-electron chi connectivity index (χ1n) is 11.9. The topological polar surface area (TPSA) is 94.6 Å². The van der Waals surface area contributed by atoms with E-state index in [4.69, 9.17) is 18.9 Å². The van der Waals surface area contributed by atoms with Crippen molar-refractivity contribution in [2.24, 2.45) is 11.3 Å². The normalized spacial score (nSPS) is 17.4. The molecule has 9 nitrogen and oxygen atoms in total. The first kappa shape index (κ1) is 27.4. The van der Waals surface area contributed by atoms with Crippen LogP contribution in [0, 0.1) is 11.3 Å². The van der Waals surface area contributed by atoms with Gasteiger partial charge in [0.25, 0.3) is 11.8 Å². The highest BCUT2D eigenvalue weighted by Crippen LogP contribution is 2.34. The molecule has 0 N–H and O–H groups in total. The van der Waals surface area contributed by atoms with Gasteiger partial charge in [-0.1, -0.05) is 20.8 Å². The summed E-state index contributed by atoms with van der Waals surface area (Å²) in [7, 11) is 0. The van der Waals surface area contributed by atoms with Gasteiger partial charge in [0.05, 0.1) is 65.8 Å². The Balaban J connectivity index is 1.32. The van der Waals surface area contributed by atoms with Crippen LogP contribution in [0.3, 0.4) is 0 Å². The molecule has 0 aromatic carbocycles. The Hall–Kier alpha value is -1.81. The summed E-state index contributed by atoms with van der Waals surface area (Å²) in [6, 6.07) is 0. The van der Waals surface area contributed by atoms with Gasteiger partial charge in [-0.3, -0.25) is 19.3 Å². The lowest BCUT2D eigenvalue weighted by Gasteiger charge is -2.38. The number of carbonyl (C=O) groups excluding carboxylic acids is 3. The Morgan fingerprint density at radius 3 is 1.76 bits per heavy atom. The zero-order valence-electron chi connectivity index (χ0n) is 20.4. The maximum Gasteiger partial charge on any atom is 0.253 e. The van der Waals surface area contributed by atoms with Gasteiger partial charge in [-0.25, -0.2) is 0 Å². The van der Waals surface area contributed by atoms with E-state index in [1.54, 1.807) is 0 Å². The van der Waals surface area contributed by atoms with E-state index in [1.807, 2.05) is 4.90 Å². The molecule has 0 aliphatic carbocycles. The molecule has 0 spiro atoms. The van der Waals surface area contributed by atoms with Gasteiger partial charge in [-0.2, -0.15) is 0 Å². The van der Waals surface area contributed by atoms with Crippen molar-refractivity contribution in [3.05, 3.63) is 12.2 Å². The largest absolute Gasteiger partial charge is 0.379 e. The molecule has 2 aliphatic rings. The summed E-state index contributed by atoms with van der Waals surface area (Å²) < 4.78 is 21.7. The minimum absolute atomic E-state index is 0.175. The molecular weight excluding hydrogens is 428 g/mol. The number of rotatable bonds is 15. The molecule has 33 heavy (non-hydrogen) atoms. The zero-order chi connectivity index (χ0) is 24.1. The van der Waals surface area contributed by atoms with Crippen LogP contribution in [0.25, 0.3) is 0 Å². The predicted molar refractivity (Wildman–Crippen MR) is 123 cm³/mol. The third kappa shape index (κ3) is 10.3. The molecule has 0 atom stereocenters. The van der Waals surface area contributed by atoms with Crippen molar-refractivity contribution < 1.29 is 33.3 Å². The summed E-state index contributed by atoms with van der Waals surface area (Å²) in [6.45, 7) is 12.1. The van der Waals surface area contributed by atoms with E-state index >= 15 is 0 Å². The Morgan fingerprint density at radius 1 is 0.818 bits per heavy atom. The third-order valence-electron chi connectivity index (χ3n) is 6.01. The van der Waals surface area contributed by atoms with Crippen molar-refractivity contribution in [2.75, 3.05) is 72.5 Å². The summed E-state index contributed by atoms with van der Waals surface area (Å²) in [5.41, 5.74) is 0.313. The average Bonchev–Trinajstić information content (AvgIpc) is 3.10. The fourth-order valence-corrected chi connectivity index (χ4v) is 3.88. The smallest absolute Gasteiger partial charge is 0.253 e. The molecule has 9 heteroatoms. The number of hydrogen-bond acceptors (Lipinski definition) is 7. The SMILES string of the molecule is CC(C)(C)C1CCN(C(=O)CCOCCOCCOCCOCCN2C(=O)C=CC2=O)CC1. The second-order valence-electron chi connectivity index (χ2n) is 9.38. The Bertz CT molecular complexity index is 634. The first-order chi connectivity index (χ1) is 15.8. The van der Waals surface area contributed by atoms with Gasteiger partial charge in [0.2, 0.25) is 5.91 Å². The Labute approximate surface area is 197 Å². The van der Waals surface area contributed by atoms with Crippen LogP contribution in [-0.4, -0.2) is 100 Å². The summed E-state index contributed by atoms with van der Waals surface area (Å²) in [4.78, 5) is 38.1. The van der Waals surface area contributed by atoms with Gasteiger partial charge < -0.3 is 23.8 Å². The molecule has 2 heterocycles. The van der Waals surface area contributed by atoms with Gasteiger partial charge in [-0.05, 0) is 24.2 Å². The second-order valence-corrected chi connectivity index (χ2v) is 9.38. The van der Waals surface area contributed by atoms with Gasteiger partial charge in [0, 0.05) is 25.2 Å². The number of amides is 3. The van der Waals surface area contributed by atoms with E-state index in [9.17, 15) is 14.4 Å². The fraction of sp³-hybridized carbons (Fsp3) is 0.792. The molecule has 188 valence electrons. The van der Waals surface area contributed by atoms with E-state index in [2.05, 4.69) is 20.8 Å². The van der Waals surface area contributed by atoms with Gasteiger partial charge in [-0.15, -0.1) is 0 Å². The van der Waals surface area contributed by atoms with Crippen LogP contribution in [0.4, 0.5) is 0 Å². The number of piperidine rings is 1. The minimum atomic E-state index is -0.302. The van der Waals surface area contributed by atoms with Crippen molar-refractivity contribution in [2.45, 2.75) is 40.0 Å². The number of carbonyl (C=O) groups is 3. The highest BCUT2D eigenvalue weighted by molar-refractivity contribution is 6.12. The van der Waals surface area contributed by atoms with E-state index < -0.39 is 0 Å². The van der Waals surface area contributed by atoms with Crippen LogP contribution >= 0.6 is 0 Å². The van der Waals surface area contributed by atoms with E-state index in [0.717, 1.165) is 30.8 Å². The lowest BCUT2D eigenvalue weighted by Crippen LogP contribution is -2.41. The molecule has 0 radical (unpaired) electrons. The maximum absolute atomic E-state index is 12.3. The van der Waals surface area contributed by atoms with E-state index in [0.29, 0.717) is 64.0 Å². The Morgan fingerprint density at radius 2 is 1.27 bits per heavy atom. The summed E-state index contributed by atoms with van der Waals surface area (Å²) in [5.74, 6) is 0.254. The van der Waals surface area contributed by atoms with Crippen LogP contribution < -0.4 is 0 Å². The predicted octanol–water partition coefficient (Wildman–Crippen LogP) is 1.65. The monoisotopic (exact) mass is 468 g/mol. The molecule has 1 fully saturated rings. The molecule has 0 aromatic heterocycles. The minimum Gasteiger partial charge on any atom is -0.379 e. The fourth-order valence-electron chi connectivity index (χ4n) is 3.88. The van der Waals surface area contributed by atoms with Crippen molar-refractivity contribution in [1.29, 1.82) is 0 Å². The lowest BCUT2D eigenvalue weighted by molar-refractivity contribution is -0.138. The van der Waals surface area contributed by atoms with Gasteiger partial charge >= 0.3 is 0 Å². The molecule has 2 rings (SSSR count). The zero-order valence-corrected chi connectivity index (χ0v) is 20.4.